The normalized spacial score (nSPS) is 9.83. The van der Waals surface area contributed by atoms with Crippen LogP contribution in [0, 0.1) is 10.1 Å². The van der Waals surface area contributed by atoms with Gasteiger partial charge in [0.25, 0.3) is 5.91 Å². The number of carbonyl (C=O) groups excluding carboxylic acids is 2. The summed E-state index contributed by atoms with van der Waals surface area (Å²) in [7, 11) is 2.68. The summed E-state index contributed by atoms with van der Waals surface area (Å²) < 4.78 is 14.5. The molecule has 0 fully saturated rings. The van der Waals surface area contributed by atoms with E-state index in [4.69, 9.17) is 9.47 Å². The van der Waals surface area contributed by atoms with Gasteiger partial charge in [-0.05, 0) is 18.6 Å². The highest BCUT2D eigenvalue weighted by atomic mass is 16.6. The first-order chi connectivity index (χ1) is 11.0. The smallest absolute Gasteiger partial charge is 0.314 e. The van der Waals surface area contributed by atoms with Crippen molar-refractivity contribution in [3.05, 3.63) is 28.3 Å². The van der Waals surface area contributed by atoms with Crippen molar-refractivity contribution in [3.63, 3.8) is 0 Å². The summed E-state index contributed by atoms with van der Waals surface area (Å²) in [4.78, 5) is 32.8. The average Bonchev–Trinajstić information content (AvgIpc) is 2.56. The number of hydrogen-bond acceptors (Lipinski definition) is 7. The summed E-state index contributed by atoms with van der Waals surface area (Å²) in [6, 6.07) is 4.07. The van der Waals surface area contributed by atoms with E-state index in [2.05, 4.69) is 10.1 Å². The molecule has 9 heteroatoms. The van der Waals surface area contributed by atoms with Crippen LogP contribution in [0.5, 0.6) is 11.5 Å². The van der Waals surface area contributed by atoms with E-state index in [0.717, 1.165) is 0 Å². The number of methoxy groups -OCH3 is 2. The molecule has 9 nitrogen and oxygen atoms in total. The lowest BCUT2D eigenvalue weighted by Crippen LogP contribution is -2.30. The molecule has 0 aliphatic heterocycles. The van der Waals surface area contributed by atoms with Gasteiger partial charge in [0.1, 0.15) is 5.75 Å². The van der Waals surface area contributed by atoms with E-state index in [1.165, 1.54) is 32.4 Å². The number of hydrogen-bond donors (Lipinski definition) is 1. The number of esters is 1. The molecule has 0 unspecified atom stereocenters. The van der Waals surface area contributed by atoms with Gasteiger partial charge in [-0.2, -0.15) is 0 Å². The zero-order valence-electron chi connectivity index (χ0n) is 12.9. The lowest BCUT2D eigenvalue weighted by atomic mass is 10.3. The van der Waals surface area contributed by atoms with Crippen LogP contribution in [0.4, 0.5) is 5.69 Å². The SMILES string of the molecule is COC(=O)CCCNC(=O)COc1ccc(OC)cc1[N+](=O)[O-]. The Kier molecular flexibility index (Phi) is 7.31. The molecule has 1 rings (SSSR count). The molecule has 0 spiro atoms. The number of rotatable bonds is 9. The summed E-state index contributed by atoms with van der Waals surface area (Å²) in [6.07, 6.45) is 0.628. The van der Waals surface area contributed by atoms with Crippen LogP contribution >= 0.6 is 0 Å². The molecule has 0 radical (unpaired) electrons. The summed E-state index contributed by atoms with van der Waals surface area (Å²) in [5, 5.41) is 13.5. The third-order valence-corrected chi connectivity index (χ3v) is 2.83. The lowest BCUT2D eigenvalue weighted by Gasteiger charge is -2.08. The van der Waals surface area contributed by atoms with Gasteiger partial charge in [-0.15, -0.1) is 0 Å². The van der Waals surface area contributed by atoms with Crippen molar-refractivity contribution in [2.24, 2.45) is 0 Å². The predicted octanol–water partition coefficient (Wildman–Crippen LogP) is 1.05. The molecule has 1 aromatic carbocycles. The zero-order chi connectivity index (χ0) is 17.2. The third kappa shape index (κ3) is 6.20. The summed E-state index contributed by atoms with van der Waals surface area (Å²) in [5.74, 6) is -0.513. The summed E-state index contributed by atoms with van der Waals surface area (Å²) in [5.41, 5.74) is -0.289. The summed E-state index contributed by atoms with van der Waals surface area (Å²) >= 11 is 0. The van der Waals surface area contributed by atoms with E-state index in [9.17, 15) is 19.7 Å². The third-order valence-electron chi connectivity index (χ3n) is 2.83. The first-order valence-electron chi connectivity index (χ1n) is 6.76. The molecule has 0 saturated carbocycles. The second-order valence-corrected chi connectivity index (χ2v) is 4.41. The fourth-order valence-corrected chi connectivity index (χ4v) is 1.65. The van der Waals surface area contributed by atoms with Crippen molar-refractivity contribution in [3.8, 4) is 11.5 Å². The number of ether oxygens (including phenoxy) is 3. The molecule has 126 valence electrons. The molecular formula is C14H18N2O7. The fraction of sp³-hybridized carbons (Fsp3) is 0.429. The molecule has 0 atom stereocenters. The minimum Gasteiger partial charge on any atom is -0.496 e. The molecule has 1 amide bonds. The molecule has 0 aromatic heterocycles. The molecule has 1 N–H and O–H groups in total. The minimum absolute atomic E-state index is 0.0273. The van der Waals surface area contributed by atoms with Crippen LogP contribution < -0.4 is 14.8 Å². The van der Waals surface area contributed by atoms with Crippen LogP contribution in [0.2, 0.25) is 0 Å². The maximum absolute atomic E-state index is 11.6. The summed E-state index contributed by atoms with van der Waals surface area (Å²) in [6.45, 7) is -0.0899. The first-order valence-corrected chi connectivity index (χ1v) is 6.76. The second kappa shape index (κ2) is 9.23. The Morgan fingerprint density at radius 3 is 2.65 bits per heavy atom. The van der Waals surface area contributed by atoms with Crippen LogP contribution in [0.25, 0.3) is 0 Å². The van der Waals surface area contributed by atoms with Crippen molar-refractivity contribution in [1.29, 1.82) is 0 Å². The predicted molar refractivity (Wildman–Crippen MR) is 79.4 cm³/mol. The van der Waals surface area contributed by atoms with Gasteiger partial charge in [0.15, 0.2) is 12.4 Å². The fourth-order valence-electron chi connectivity index (χ4n) is 1.65. The molecule has 0 saturated heterocycles. The zero-order valence-corrected chi connectivity index (χ0v) is 12.9. The van der Waals surface area contributed by atoms with Gasteiger partial charge in [-0.1, -0.05) is 0 Å². The molecule has 0 aliphatic rings. The molecule has 0 heterocycles. The van der Waals surface area contributed by atoms with E-state index < -0.39 is 10.8 Å². The second-order valence-electron chi connectivity index (χ2n) is 4.41. The molecule has 0 bridgehead atoms. The Morgan fingerprint density at radius 2 is 2.04 bits per heavy atom. The highest BCUT2D eigenvalue weighted by Crippen LogP contribution is 2.30. The van der Waals surface area contributed by atoms with Crippen LogP contribution in [0.15, 0.2) is 18.2 Å². The van der Waals surface area contributed by atoms with Crippen LogP contribution in [-0.2, 0) is 14.3 Å². The minimum atomic E-state index is -0.619. The Hall–Kier alpha value is -2.84. The van der Waals surface area contributed by atoms with Gasteiger partial charge in [0.2, 0.25) is 0 Å². The van der Waals surface area contributed by atoms with Gasteiger partial charge in [0.05, 0.1) is 25.2 Å². The number of benzene rings is 1. The molecule has 1 aromatic rings. The average molecular weight is 326 g/mol. The van der Waals surface area contributed by atoms with Gasteiger partial charge in [0, 0.05) is 13.0 Å². The standard InChI is InChI=1S/C14H18N2O7/c1-21-10-5-6-12(11(8-10)16(19)20)23-9-13(17)15-7-3-4-14(18)22-2/h5-6,8H,3-4,7,9H2,1-2H3,(H,15,17). The number of carbonyl (C=O) groups is 2. The van der Waals surface area contributed by atoms with Crippen molar-refractivity contribution in [2.75, 3.05) is 27.4 Å². The molecular weight excluding hydrogens is 308 g/mol. The topological polar surface area (TPSA) is 117 Å². The van der Waals surface area contributed by atoms with Crippen molar-refractivity contribution >= 4 is 17.6 Å². The Labute approximate surface area is 132 Å². The monoisotopic (exact) mass is 326 g/mol. The molecule has 0 aliphatic carbocycles. The van der Waals surface area contributed by atoms with Gasteiger partial charge in [-0.25, -0.2) is 0 Å². The van der Waals surface area contributed by atoms with Crippen LogP contribution in [-0.4, -0.2) is 44.2 Å². The quantitative estimate of drug-likeness (QED) is 0.312. The maximum atomic E-state index is 11.6. The van der Waals surface area contributed by atoms with Gasteiger partial charge < -0.3 is 19.5 Å². The van der Waals surface area contributed by atoms with Gasteiger partial charge >= 0.3 is 11.7 Å². The molecule has 23 heavy (non-hydrogen) atoms. The van der Waals surface area contributed by atoms with E-state index in [1.807, 2.05) is 0 Å². The lowest BCUT2D eigenvalue weighted by molar-refractivity contribution is -0.385. The van der Waals surface area contributed by atoms with E-state index >= 15 is 0 Å². The maximum Gasteiger partial charge on any atom is 0.314 e. The highest BCUT2D eigenvalue weighted by Gasteiger charge is 2.17. The largest absolute Gasteiger partial charge is 0.496 e. The van der Waals surface area contributed by atoms with Crippen molar-refractivity contribution in [2.45, 2.75) is 12.8 Å². The first kappa shape index (κ1) is 18.2. The Balaban J connectivity index is 2.46. The number of amides is 1. The van der Waals surface area contributed by atoms with E-state index in [1.54, 1.807) is 0 Å². The van der Waals surface area contributed by atoms with Crippen LogP contribution in [0.1, 0.15) is 12.8 Å². The number of nitro benzene ring substituents is 1. The van der Waals surface area contributed by atoms with E-state index in [0.29, 0.717) is 12.2 Å². The number of nitro groups is 1. The van der Waals surface area contributed by atoms with Gasteiger partial charge in [-0.3, -0.25) is 19.7 Å². The Morgan fingerprint density at radius 1 is 1.30 bits per heavy atom. The number of nitrogens with zero attached hydrogens (tertiary/aromatic N) is 1. The van der Waals surface area contributed by atoms with Crippen molar-refractivity contribution < 1.29 is 28.7 Å². The van der Waals surface area contributed by atoms with Crippen LogP contribution in [0.3, 0.4) is 0 Å². The highest BCUT2D eigenvalue weighted by molar-refractivity contribution is 5.77. The number of nitrogens with one attached hydrogen (secondary N) is 1. The van der Waals surface area contributed by atoms with E-state index in [-0.39, 0.29) is 37.0 Å². The van der Waals surface area contributed by atoms with Crippen molar-refractivity contribution in [1.82, 2.24) is 5.32 Å². The Bertz CT molecular complexity index is 574.